The Balaban J connectivity index is 0.975. The molecule has 0 fully saturated rings. The predicted octanol–water partition coefficient (Wildman–Crippen LogP) is 12.5. The Kier molecular flexibility index (Phi) is 7.21. The third-order valence-electron chi connectivity index (χ3n) is 9.82. The average Bonchev–Trinajstić information content (AvgIpc) is 3.99. The lowest BCUT2D eigenvalue weighted by Gasteiger charge is -2.08. The van der Waals surface area contributed by atoms with E-state index in [9.17, 15) is 0 Å². The van der Waals surface area contributed by atoms with Gasteiger partial charge in [0.05, 0.1) is 5.56 Å². The van der Waals surface area contributed by atoms with Crippen molar-refractivity contribution in [3.63, 3.8) is 0 Å². The van der Waals surface area contributed by atoms with Crippen molar-refractivity contribution in [2.24, 2.45) is 0 Å². The molecule has 258 valence electrons. The van der Waals surface area contributed by atoms with Crippen LogP contribution in [-0.2, 0) is 0 Å². The summed E-state index contributed by atoms with van der Waals surface area (Å²) in [7, 11) is 0. The van der Waals surface area contributed by atoms with Crippen LogP contribution in [0.4, 0.5) is 0 Å². The largest absolute Gasteiger partial charge is 0.436 e. The molecule has 0 N–H and O–H groups in total. The summed E-state index contributed by atoms with van der Waals surface area (Å²) >= 11 is 1.76. The lowest BCUT2D eigenvalue weighted by Crippen LogP contribution is -2.00. The van der Waals surface area contributed by atoms with Crippen LogP contribution < -0.4 is 0 Å². The van der Waals surface area contributed by atoms with Gasteiger partial charge in [-0.1, -0.05) is 115 Å². The zero-order valence-corrected chi connectivity index (χ0v) is 29.9. The molecule has 0 radical (unpaired) electrons. The minimum atomic E-state index is 0.543. The molecule has 0 amide bonds. The van der Waals surface area contributed by atoms with Gasteiger partial charge in [-0.05, 0) is 59.7 Å². The van der Waals surface area contributed by atoms with Crippen LogP contribution in [-0.4, -0.2) is 24.9 Å². The van der Waals surface area contributed by atoms with Crippen LogP contribution in [0.15, 0.2) is 173 Å². The van der Waals surface area contributed by atoms with Gasteiger partial charge in [-0.25, -0.2) is 24.9 Å². The molecule has 4 heterocycles. The molecule has 0 aliphatic carbocycles. The smallest absolute Gasteiger partial charge is 0.228 e. The summed E-state index contributed by atoms with van der Waals surface area (Å²) in [6.07, 6.45) is 0. The van der Waals surface area contributed by atoms with Crippen molar-refractivity contribution in [1.29, 1.82) is 0 Å². The standard InChI is InChI=1S/C47H27N5O2S/c1-3-12-28(13-4-1)43-50-44(29-14-5-2-6-15-29)52-45(51-43)31-24-25-38-40(27-31)54-46(48-38)32-17-9-16-30(26-32)33-18-10-19-34-35-20-11-21-36(42(35)55-41(33)34)47-49-37-22-7-8-23-39(37)53-47/h1-27H. The van der Waals surface area contributed by atoms with Gasteiger partial charge in [0.1, 0.15) is 11.0 Å². The monoisotopic (exact) mass is 725 g/mol. The Hall–Kier alpha value is -7.29. The lowest BCUT2D eigenvalue weighted by molar-refractivity contribution is 0.620. The Bertz CT molecular complexity index is 3130. The first kappa shape index (κ1) is 31.3. The van der Waals surface area contributed by atoms with Crippen LogP contribution in [0.25, 0.3) is 111 Å². The first-order valence-electron chi connectivity index (χ1n) is 17.9. The summed E-state index contributed by atoms with van der Waals surface area (Å²) in [5.74, 6) is 2.95. The zero-order valence-electron chi connectivity index (χ0n) is 29.0. The molecule has 8 heteroatoms. The minimum Gasteiger partial charge on any atom is -0.436 e. The zero-order chi connectivity index (χ0) is 36.3. The fourth-order valence-corrected chi connectivity index (χ4v) is 8.49. The highest BCUT2D eigenvalue weighted by molar-refractivity contribution is 7.26. The van der Waals surface area contributed by atoms with Crippen LogP contribution in [0, 0.1) is 0 Å². The fourth-order valence-electron chi connectivity index (χ4n) is 7.15. The SMILES string of the molecule is c1ccc(-c2nc(-c3ccccc3)nc(-c3ccc4nc(-c5cccc(-c6cccc7c6sc6c(-c8nc9ccccc9o8)cccc67)c5)oc4c3)n2)cc1. The normalized spacial score (nSPS) is 11.6. The molecule has 0 bridgehead atoms. The summed E-state index contributed by atoms with van der Waals surface area (Å²) < 4.78 is 15.0. The molecular formula is C47H27N5O2S. The highest BCUT2D eigenvalue weighted by Gasteiger charge is 2.19. The number of thiophene rings is 1. The third-order valence-corrected chi connectivity index (χ3v) is 11.1. The van der Waals surface area contributed by atoms with Gasteiger partial charge in [0, 0.05) is 42.4 Å². The van der Waals surface area contributed by atoms with E-state index in [1.54, 1.807) is 11.3 Å². The van der Waals surface area contributed by atoms with E-state index in [2.05, 4.69) is 54.6 Å². The maximum atomic E-state index is 6.46. The van der Waals surface area contributed by atoms with Gasteiger partial charge in [0.15, 0.2) is 28.6 Å². The van der Waals surface area contributed by atoms with Crippen molar-refractivity contribution in [1.82, 2.24) is 24.9 Å². The predicted molar refractivity (Wildman–Crippen MR) is 220 cm³/mol. The van der Waals surface area contributed by atoms with E-state index in [-0.39, 0.29) is 0 Å². The molecule has 0 unspecified atom stereocenters. The van der Waals surface area contributed by atoms with Crippen molar-refractivity contribution in [2.75, 3.05) is 0 Å². The molecule has 4 aromatic heterocycles. The molecular weight excluding hydrogens is 699 g/mol. The van der Waals surface area contributed by atoms with E-state index in [1.807, 2.05) is 109 Å². The van der Waals surface area contributed by atoms with Gasteiger partial charge < -0.3 is 8.83 Å². The number of oxazole rings is 2. The highest BCUT2D eigenvalue weighted by Crippen LogP contribution is 2.44. The van der Waals surface area contributed by atoms with E-state index < -0.39 is 0 Å². The first-order chi connectivity index (χ1) is 27.2. The van der Waals surface area contributed by atoms with E-state index in [4.69, 9.17) is 33.8 Å². The van der Waals surface area contributed by atoms with Crippen molar-refractivity contribution in [3.05, 3.63) is 164 Å². The van der Waals surface area contributed by atoms with Crippen molar-refractivity contribution in [2.45, 2.75) is 0 Å². The van der Waals surface area contributed by atoms with Crippen molar-refractivity contribution < 1.29 is 8.83 Å². The number of rotatable bonds is 6. The van der Waals surface area contributed by atoms with E-state index in [0.717, 1.165) is 60.3 Å². The number of hydrogen-bond donors (Lipinski definition) is 0. The first-order valence-corrected chi connectivity index (χ1v) is 18.7. The van der Waals surface area contributed by atoms with Gasteiger partial charge >= 0.3 is 0 Å². The van der Waals surface area contributed by atoms with Crippen molar-refractivity contribution >= 4 is 53.7 Å². The summed E-state index contributed by atoms with van der Waals surface area (Å²) in [5, 5.41) is 2.37. The Morgan fingerprint density at radius 3 is 1.62 bits per heavy atom. The summed E-state index contributed by atoms with van der Waals surface area (Å²) in [4.78, 5) is 24.3. The summed E-state index contributed by atoms with van der Waals surface area (Å²) in [6.45, 7) is 0. The number of fused-ring (bicyclic) bond motifs is 5. The summed E-state index contributed by atoms with van der Waals surface area (Å²) in [6, 6.07) is 54.9. The molecule has 0 saturated heterocycles. The molecule has 0 spiro atoms. The van der Waals surface area contributed by atoms with E-state index in [0.29, 0.717) is 34.8 Å². The summed E-state index contributed by atoms with van der Waals surface area (Å²) in [5.41, 5.74) is 9.78. The van der Waals surface area contributed by atoms with E-state index in [1.165, 1.54) is 15.5 Å². The second-order valence-corrected chi connectivity index (χ2v) is 14.3. The molecule has 7 nitrogen and oxygen atoms in total. The second-order valence-electron chi connectivity index (χ2n) is 13.3. The number of para-hydroxylation sites is 2. The molecule has 11 aromatic rings. The molecule has 11 rings (SSSR count). The van der Waals surface area contributed by atoms with E-state index >= 15 is 0 Å². The maximum Gasteiger partial charge on any atom is 0.228 e. The van der Waals surface area contributed by atoms with Crippen LogP contribution in [0.2, 0.25) is 0 Å². The fraction of sp³-hybridized carbons (Fsp3) is 0. The van der Waals surface area contributed by atoms with Crippen LogP contribution in [0.3, 0.4) is 0 Å². The quantitative estimate of drug-likeness (QED) is 0.168. The van der Waals surface area contributed by atoms with Gasteiger partial charge in [-0.15, -0.1) is 11.3 Å². The number of benzene rings is 7. The molecule has 0 aliphatic heterocycles. The van der Waals surface area contributed by atoms with Crippen LogP contribution in [0.5, 0.6) is 0 Å². The van der Waals surface area contributed by atoms with Gasteiger partial charge in [-0.2, -0.15) is 0 Å². The number of nitrogens with zero attached hydrogens (tertiary/aromatic N) is 5. The van der Waals surface area contributed by atoms with Gasteiger partial charge in [-0.3, -0.25) is 0 Å². The van der Waals surface area contributed by atoms with Gasteiger partial charge in [0.25, 0.3) is 0 Å². The highest BCUT2D eigenvalue weighted by atomic mass is 32.1. The molecule has 55 heavy (non-hydrogen) atoms. The Morgan fingerprint density at radius 1 is 0.345 bits per heavy atom. The maximum absolute atomic E-state index is 6.46. The van der Waals surface area contributed by atoms with Crippen LogP contribution >= 0.6 is 11.3 Å². The second kappa shape index (κ2) is 12.7. The third kappa shape index (κ3) is 5.47. The van der Waals surface area contributed by atoms with Crippen molar-refractivity contribution in [3.8, 4) is 68.2 Å². The van der Waals surface area contributed by atoms with Crippen LogP contribution in [0.1, 0.15) is 0 Å². The topological polar surface area (TPSA) is 90.7 Å². The molecule has 7 aromatic carbocycles. The Morgan fingerprint density at radius 2 is 0.891 bits per heavy atom. The molecule has 0 aliphatic rings. The minimum absolute atomic E-state index is 0.543. The van der Waals surface area contributed by atoms with Gasteiger partial charge in [0.2, 0.25) is 11.8 Å². The molecule has 0 saturated carbocycles. The average molecular weight is 726 g/mol. The number of aromatic nitrogens is 5. The lowest BCUT2D eigenvalue weighted by atomic mass is 10.0. The Labute approximate surface area is 318 Å². The number of hydrogen-bond acceptors (Lipinski definition) is 8. The molecule has 0 atom stereocenters.